The Morgan fingerprint density at radius 1 is 1.14 bits per heavy atom. The number of ether oxygens (including phenoxy) is 2. The zero-order valence-electron chi connectivity index (χ0n) is 16.8. The van der Waals surface area contributed by atoms with E-state index in [9.17, 15) is 9.59 Å². The molecule has 0 unspecified atom stereocenters. The van der Waals surface area contributed by atoms with Crippen LogP contribution in [0.4, 0.5) is 5.69 Å². The minimum absolute atomic E-state index is 0.263. The van der Waals surface area contributed by atoms with Crippen LogP contribution in [0, 0.1) is 6.92 Å². The zero-order valence-corrected chi connectivity index (χ0v) is 16.8. The molecule has 0 saturated heterocycles. The molecule has 2 aromatic carbocycles. The van der Waals surface area contributed by atoms with E-state index in [1.807, 2.05) is 55.5 Å². The first-order chi connectivity index (χ1) is 14.0. The van der Waals surface area contributed by atoms with Crippen LogP contribution in [-0.2, 0) is 14.3 Å². The number of anilines is 1. The van der Waals surface area contributed by atoms with E-state index in [1.165, 1.54) is 7.11 Å². The molecule has 148 valence electrons. The molecule has 3 rings (SSSR count). The van der Waals surface area contributed by atoms with E-state index in [-0.39, 0.29) is 11.5 Å². The van der Waals surface area contributed by atoms with Gasteiger partial charge in [-0.05, 0) is 55.3 Å². The maximum absolute atomic E-state index is 13.2. The quantitative estimate of drug-likeness (QED) is 0.416. The van der Waals surface area contributed by atoms with Gasteiger partial charge in [-0.15, -0.1) is 0 Å². The maximum Gasteiger partial charge on any atom is 0.340 e. The van der Waals surface area contributed by atoms with Gasteiger partial charge in [-0.25, -0.2) is 4.79 Å². The highest BCUT2D eigenvalue weighted by Gasteiger charge is 2.37. The van der Waals surface area contributed by atoms with E-state index in [0.29, 0.717) is 29.3 Å². The van der Waals surface area contributed by atoms with E-state index in [0.717, 1.165) is 11.1 Å². The summed E-state index contributed by atoms with van der Waals surface area (Å²) in [6.07, 6.45) is 3.37. The minimum Gasteiger partial charge on any atom is -0.490 e. The van der Waals surface area contributed by atoms with Crippen LogP contribution < -0.4 is 9.64 Å². The van der Waals surface area contributed by atoms with Crippen LogP contribution >= 0.6 is 0 Å². The molecule has 0 aliphatic carbocycles. The Labute approximate surface area is 170 Å². The van der Waals surface area contributed by atoms with E-state index < -0.39 is 5.97 Å². The van der Waals surface area contributed by atoms with Crippen molar-refractivity contribution in [3.05, 3.63) is 89.2 Å². The van der Waals surface area contributed by atoms with Crippen molar-refractivity contribution in [3.8, 4) is 5.75 Å². The molecular formula is C24H23NO4. The lowest BCUT2D eigenvalue weighted by Gasteiger charge is -2.18. The smallest absolute Gasteiger partial charge is 0.340 e. The Morgan fingerprint density at radius 3 is 2.48 bits per heavy atom. The Balaban J connectivity index is 2.02. The van der Waals surface area contributed by atoms with Gasteiger partial charge in [-0.1, -0.05) is 36.9 Å². The number of aryl methyl sites for hydroxylation is 1. The number of benzene rings is 2. The largest absolute Gasteiger partial charge is 0.490 e. The molecule has 0 saturated carbocycles. The third-order valence-electron chi connectivity index (χ3n) is 4.61. The Kier molecular flexibility index (Phi) is 5.98. The third-order valence-corrected chi connectivity index (χ3v) is 4.61. The summed E-state index contributed by atoms with van der Waals surface area (Å²) < 4.78 is 10.4. The number of esters is 1. The fourth-order valence-corrected chi connectivity index (χ4v) is 3.24. The van der Waals surface area contributed by atoms with Gasteiger partial charge in [0.2, 0.25) is 0 Å². The predicted molar refractivity (Wildman–Crippen MR) is 113 cm³/mol. The minimum atomic E-state index is -0.539. The number of allylic oxidation sites excluding steroid dienone is 1. The monoisotopic (exact) mass is 389 g/mol. The second-order valence-electron chi connectivity index (χ2n) is 6.66. The molecule has 1 heterocycles. The van der Waals surface area contributed by atoms with Crippen molar-refractivity contribution >= 4 is 23.6 Å². The lowest BCUT2D eigenvalue weighted by atomic mass is 10.0. The summed E-state index contributed by atoms with van der Waals surface area (Å²) in [6, 6.07) is 14.9. The van der Waals surface area contributed by atoms with Gasteiger partial charge >= 0.3 is 5.97 Å². The molecule has 2 aromatic rings. The number of amides is 1. The highest BCUT2D eigenvalue weighted by molar-refractivity contribution is 6.23. The molecule has 0 bridgehead atoms. The zero-order chi connectivity index (χ0) is 21.0. The standard InChI is InChI=1S/C24H23NO4/c1-5-13-29-20-11-9-18(10-12-20)15-21-22(24(27)28-4)17(3)25(23(21)26)19-8-6-7-16(2)14-19/h5-12,14-15H,1,13H2,2-4H3/b21-15-. The van der Waals surface area contributed by atoms with Gasteiger partial charge in [0.05, 0.1) is 18.3 Å². The van der Waals surface area contributed by atoms with Gasteiger partial charge in [0.1, 0.15) is 12.4 Å². The Bertz CT molecular complexity index is 1020. The average Bonchev–Trinajstić information content (AvgIpc) is 2.96. The summed E-state index contributed by atoms with van der Waals surface area (Å²) >= 11 is 0. The van der Waals surface area contributed by atoms with Gasteiger partial charge in [0.15, 0.2) is 0 Å². The first-order valence-corrected chi connectivity index (χ1v) is 9.22. The topological polar surface area (TPSA) is 55.8 Å². The molecule has 5 nitrogen and oxygen atoms in total. The molecule has 0 aromatic heterocycles. The molecule has 1 amide bonds. The summed E-state index contributed by atoms with van der Waals surface area (Å²) in [6.45, 7) is 7.74. The summed E-state index contributed by atoms with van der Waals surface area (Å²) in [5.74, 6) is -0.102. The molecule has 0 N–H and O–H groups in total. The van der Waals surface area contributed by atoms with Crippen molar-refractivity contribution in [1.29, 1.82) is 0 Å². The summed E-state index contributed by atoms with van der Waals surface area (Å²) in [5, 5.41) is 0. The second kappa shape index (κ2) is 8.61. The molecular weight excluding hydrogens is 366 g/mol. The van der Waals surface area contributed by atoms with Crippen molar-refractivity contribution in [3.63, 3.8) is 0 Å². The molecule has 29 heavy (non-hydrogen) atoms. The number of hydrogen-bond acceptors (Lipinski definition) is 4. The van der Waals surface area contributed by atoms with Crippen LogP contribution in [0.25, 0.3) is 6.08 Å². The summed E-state index contributed by atoms with van der Waals surface area (Å²) in [4.78, 5) is 27.2. The Hall–Kier alpha value is -3.60. The van der Waals surface area contributed by atoms with Gasteiger partial charge < -0.3 is 9.47 Å². The van der Waals surface area contributed by atoms with Crippen LogP contribution in [0.2, 0.25) is 0 Å². The number of nitrogens with zero attached hydrogens (tertiary/aromatic N) is 1. The lowest BCUT2D eigenvalue weighted by molar-refractivity contribution is -0.136. The van der Waals surface area contributed by atoms with Crippen molar-refractivity contribution < 1.29 is 19.1 Å². The molecule has 0 atom stereocenters. The number of rotatable bonds is 6. The SMILES string of the molecule is C=CCOc1ccc(/C=C2\C(=O)N(c3cccc(C)c3)C(C)=C2C(=O)OC)cc1. The predicted octanol–water partition coefficient (Wildman–Crippen LogP) is 4.44. The van der Waals surface area contributed by atoms with Crippen molar-refractivity contribution in [1.82, 2.24) is 0 Å². The van der Waals surface area contributed by atoms with Crippen LogP contribution in [0.15, 0.2) is 78.0 Å². The van der Waals surface area contributed by atoms with Gasteiger partial charge in [-0.2, -0.15) is 0 Å². The molecule has 1 aliphatic heterocycles. The van der Waals surface area contributed by atoms with E-state index >= 15 is 0 Å². The van der Waals surface area contributed by atoms with Crippen LogP contribution in [0.5, 0.6) is 5.75 Å². The van der Waals surface area contributed by atoms with E-state index in [2.05, 4.69) is 6.58 Å². The third kappa shape index (κ3) is 4.14. The number of methoxy groups -OCH3 is 1. The van der Waals surface area contributed by atoms with Crippen molar-refractivity contribution in [2.24, 2.45) is 0 Å². The van der Waals surface area contributed by atoms with Crippen LogP contribution in [0.1, 0.15) is 18.1 Å². The number of carbonyl (C=O) groups is 2. The maximum atomic E-state index is 13.2. The van der Waals surface area contributed by atoms with Crippen LogP contribution in [0.3, 0.4) is 0 Å². The molecule has 0 fully saturated rings. The highest BCUT2D eigenvalue weighted by atomic mass is 16.5. The molecule has 1 aliphatic rings. The fourth-order valence-electron chi connectivity index (χ4n) is 3.24. The first-order valence-electron chi connectivity index (χ1n) is 9.22. The van der Waals surface area contributed by atoms with Gasteiger partial charge in [-0.3, -0.25) is 9.69 Å². The average molecular weight is 389 g/mol. The number of hydrogen-bond donors (Lipinski definition) is 0. The van der Waals surface area contributed by atoms with Gasteiger partial charge in [0.25, 0.3) is 5.91 Å². The molecule has 0 radical (unpaired) electrons. The highest BCUT2D eigenvalue weighted by Crippen LogP contribution is 2.35. The summed E-state index contributed by atoms with van der Waals surface area (Å²) in [5.41, 5.74) is 3.63. The molecule has 0 spiro atoms. The second-order valence-corrected chi connectivity index (χ2v) is 6.66. The molecule has 5 heteroatoms. The van der Waals surface area contributed by atoms with Crippen molar-refractivity contribution in [2.75, 3.05) is 18.6 Å². The number of carbonyl (C=O) groups excluding carboxylic acids is 2. The van der Waals surface area contributed by atoms with Crippen LogP contribution in [-0.4, -0.2) is 25.6 Å². The normalized spacial score (nSPS) is 15.1. The Morgan fingerprint density at radius 2 is 1.86 bits per heavy atom. The first kappa shape index (κ1) is 20.1. The lowest BCUT2D eigenvalue weighted by Crippen LogP contribution is -2.24. The van der Waals surface area contributed by atoms with Gasteiger partial charge in [0, 0.05) is 11.4 Å². The van der Waals surface area contributed by atoms with Crippen molar-refractivity contribution in [2.45, 2.75) is 13.8 Å². The van der Waals surface area contributed by atoms with E-state index in [4.69, 9.17) is 9.47 Å². The summed E-state index contributed by atoms with van der Waals surface area (Å²) in [7, 11) is 1.31. The van der Waals surface area contributed by atoms with E-state index in [1.54, 1.807) is 24.0 Å². The fraction of sp³-hybridized carbons (Fsp3) is 0.167.